The molecule has 39 heavy (non-hydrogen) atoms. The second-order valence-corrected chi connectivity index (χ2v) is 11.0. The number of hydrogen-bond acceptors (Lipinski definition) is 4. The highest BCUT2D eigenvalue weighted by atomic mass is 32.2. The van der Waals surface area contributed by atoms with Crippen molar-refractivity contribution in [3.8, 4) is 0 Å². The molecule has 0 fully saturated rings. The van der Waals surface area contributed by atoms with Crippen LogP contribution < -0.4 is 10.9 Å². The Kier molecular flexibility index (Phi) is 6.57. The van der Waals surface area contributed by atoms with Crippen LogP contribution in [0.1, 0.15) is 23.7 Å². The third-order valence-corrected chi connectivity index (χ3v) is 8.39. The number of benzene rings is 4. The van der Waals surface area contributed by atoms with Gasteiger partial charge in [-0.05, 0) is 72.9 Å². The molecule has 0 saturated carbocycles. The summed E-state index contributed by atoms with van der Waals surface area (Å²) in [5.74, 6) is 1.30. The molecule has 0 aliphatic carbocycles. The van der Waals surface area contributed by atoms with E-state index in [1.54, 1.807) is 34.9 Å². The largest absolute Gasteiger partial charge is 0.340 e. The molecule has 0 bridgehead atoms. The second kappa shape index (κ2) is 10.2. The molecule has 0 aliphatic rings. The molecule has 0 spiro atoms. The van der Waals surface area contributed by atoms with E-state index in [0.29, 0.717) is 49.6 Å². The molecule has 5 nitrogen and oxygen atoms in total. The number of para-hydroxylation sites is 2. The van der Waals surface area contributed by atoms with Gasteiger partial charge in [-0.2, -0.15) is 11.8 Å². The molecule has 0 aliphatic heterocycles. The molecular formula is C33H28N2O3S. The van der Waals surface area contributed by atoms with E-state index in [0.717, 1.165) is 24.2 Å². The lowest BCUT2D eigenvalue weighted by Gasteiger charge is -2.19. The zero-order valence-electron chi connectivity index (χ0n) is 21.9. The Labute approximate surface area is 229 Å². The van der Waals surface area contributed by atoms with Gasteiger partial charge >= 0.3 is 0 Å². The zero-order chi connectivity index (χ0) is 27.1. The minimum atomic E-state index is -0.247. The van der Waals surface area contributed by atoms with Crippen LogP contribution in [-0.2, 0) is 6.54 Å². The average molecular weight is 533 g/mol. The molecule has 6 heteroatoms. The lowest BCUT2D eigenvalue weighted by Crippen LogP contribution is -2.20. The summed E-state index contributed by atoms with van der Waals surface area (Å²) in [5.41, 5.74) is 2.79. The molecule has 6 aromatic rings. The van der Waals surface area contributed by atoms with E-state index in [9.17, 15) is 14.4 Å². The van der Waals surface area contributed by atoms with Gasteiger partial charge < -0.3 is 4.57 Å². The Morgan fingerprint density at radius 3 is 1.97 bits per heavy atom. The van der Waals surface area contributed by atoms with Crippen LogP contribution in [-0.4, -0.2) is 27.1 Å². The van der Waals surface area contributed by atoms with Gasteiger partial charge in [-0.3, -0.25) is 19.0 Å². The molecule has 0 radical (unpaired) electrons. The summed E-state index contributed by atoms with van der Waals surface area (Å²) in [5, 5.41) is 2.02. The maximum Gasteiger partial charge on any atom is 0.262 e. The van der Waals surface area contributed by atoms with Crippen LogP contribution >= 0.6 is 11.8 Å². The predicted octanol–water partition coefficient (Wildman–Crippen LogP) is 6.70. The SMILES string of the molecule is CSCC(C)CCn1c2ccccc2c(=O)c2cc3c(cc21)c(=O)c1ccccc1n3C(=O)c1ccccc1. The predicted molar refractivity (Wildman–Crippen MR) is 163 cm³/mol. The number of fused-ring (bicyclic) bond motifs is 4. The van der Waals surface area contributed by atoms with Crippen molar-refractivity contribution >= 4 is 61.3 Å². The van der Waals surface area contributed by atoms with Gasteiger partial charge in [0, 0.05) is 33.7 Å². The number of pyridine rings is 2. The van der Waals surface area contributed by atoms with E-state index < -0.39 is 0 Å². The fourth-order valence-corrected chi connectivity index (χ4v) is 6.28. The number of nitrogens with zero attached hydrogens (tertiary/aromatic N) is 2. The molecule has 4 aromatic carbocycles. The second-order valence-electron chi connectivity index (χ2n) is 10.1. The van der Waals surface area contributed by atoms with Crippen molar-refractivity contribution in [3.05, 3.63) is 117 Å². The first-order chi connectivity index (χ1) is 19.0. The quantitative estimate of drug-likeness (QED) is 0.224. The highest BCUT2D eigenvalue weighted by molar-refractivity contribution is 7.98. The van der Waals surface area contributed by atoms with Gasteiger partial charge in [-0.15, -0.1) is 0 Å². The zero-order valence-corrected chi connectivity index (χ0v) is 22.7. The minimum Gasteiger partial charge on any atom is -0.340 e. The van der Waals surface area contributed by atoms with Crippen molar-refractivity contribution in [3.63, 3.8) is 0 Å². The van der Waals surface area contributed by atoms with Crippen molar-refractivity contribution in [2.75, 3.05) is 12.0 Å². The first-order valence-corrected chi connectivity index (χ1v) is 14.5. The van der Waals surface area contributed by atoms with E-state index in [2.05, 4.69) is 17.7 Å². The number of hydrogen-bond donors (Lipinski definition) is 0. The number of thioether (sulfide) groups is 1. The van der Waals surface area contributed by atoms with Crippen LogP contribution in [0.2, 0.25) is 0 Å². The summed E-state index contributed by atoms with van der Waals surface area (Å²) in [4.78, 5) is 41.6. The van der Waals surface area contributed by atoms with Crippen LogP contribution in [0.15, 0.2) is 101 Å². The molecular weight excluding hydrogens is 504 g/mol. The summed E-state index contributed by atoms with van der Waals surface area (Å²) >= 11 is 1.83. The highest BCUT2D eigenvalue weighted by Crippen LogP contribution is 2.28. The Balaban J connectivity index is 1.73. The third-order valence-electron chi connectivity index (χ3n) is 7.48. The molecule has 1 atom stereocenters. The topological polar surface area (TPSA) is 61.1 Å². The fourth-order valence-electron chi connectivity index (χ4n) is 5.55. The Bertz CT molecular complexity index is 2010. The van der Waals surface area contributed by atoms with Gasteiger partial charge in [0.2, 0.25) is 0 Å². The smallest absolute Gasteiger partial charge is 0.262 e. The Morgan fingerprint density at radius 1 is 0.718 bits per heavy atom. The van der Waals surface area contributed by atoms with Gasteiger partial charge in [0.1, 0.15) is 0 Å². The normalized spacial score (nSPS) is 12.5. The minimum absolute atomic E-state index is 0.102. The lowest BCUT2D eigenvalue weighted by molar-refractivity contribution is 0.0969. The molecule has 0 N–H and O–H groups in total. The maximum absolute atomic E-state index is 13.9. The van der Waals surface area contributed by atoms with Gasteiger partial charge in [-0.25, -0.2) is 0 Å². The van der Waals surface area contributed by atoms with Crippen molar-refractivity contribution < 1.29 is 4.79 Å². The molecule has 1 unspecified atom stereocenters. The standard InChI is InChI=1S/C33H28N2O3S/c1-21(20-39-2)16-17-34-27-14-8-6-12-23(27)31(36)25-19-30-26(18-29(25)34)32(37)24-13-7-9-15-28(24)35(30)33(38)22-10-4-3-5-11-22/h3-15,18-19,21H,16-17,20H2,1-2H3. The Morgan fingerprint density at radius 2 is 1.28 bits per heavy atom. The number of rotatable bonds is 6. The van der Waals surface area contributed by atoms with Gasteiger partial charge in [-0.1, -0.05) is 49.4 Å². The third kappa shape index (κ3) is 4.25. The van der Waals surface area contributed by atoms with Crippen LogP contribution in [0.25, 0.3) is 43.6 Å². The molecule has 6 rings (SSSR count). The summed E-state index contributed by atoms with van der Waals surface area (Å²) in [6.07, 6.45) is 3.05. The number of aromatic nitrogens is 2. The van der Waals surface area contributed by atoms with Crippen molar-refractivity contribution in [2.24, 2.45) is 5.92 Å². The van der Waals surface area contributed by atoms with Crippen LogP contribution in [0.5, 0.6) is 0 Å². The summed E-state index contributed by atoms with van der Waals surface area (Å²) in [6, 6.07) is 27.4. The van der Waals surface area contributed by atoms with E-state index in [1.807, 2.05) is 72.4 Å². The number of carbonyl (C=O) groups is 1. The summed E-state index contributed by atoms with van der Waals surface area (Å²) in [7, 11) is 0. The van der Waals surface area contributed by atoms with Crippen molar-refractivity contribution in [1.82, 2.24) is 9.13 Å². The van der Waals surface area contributed by atoms with Crippen molar-refractivity contribution in [2.45, 2.75) is 19.9 Å². The van der Waals surface area contributed by atoms with Gasteiger partial charge in [0.15, 0.2) is 10.9 Å². The van der Waals surface area contributed by atoms with Crippen LogP contribution in [0.4, 0.5) is 0 Å². The molecule has 194 valence electrons. The first kappa shape index (κ1) is 25.1. The van der Waals surface area contributed by atoms with Crippen molar-refractivity contribution in [1.29, 1.82) is 0 Å². The molecule has 2 heterocycles. The van der Waals surface area contributed by atoms with E-state index in [-0.39, 0.29) is 16.8 Å². The monoisotopic (exact) mass is 532 g/mol. The Hall–Kier alpha value is -4.16. The van der Waals surface area contributed by atoms with Gasteiger partial charge in [0.05, 0.1) is 22.1 Å². The highest BCUT2D eigenvalue weighted by Gasteiger charge is 2.20. The fraction of sp³-hybridized carbons (Fsp3) is 0.182. The molecule has 0 saturated heterocycles. The van der Waals surface area contributed by atoms with E-state index in [1.165, 1.54) is 0 Å². The summed E-state index contributed by atoms with van der Waals surface area (Å²) in [6.45, 7) is 2.95. The van der Waals surface area contributed by atoms with Gasteiger partial charge in [0.25, 0.3) is 5.91 Å². The maximum atomic E-state index is 13.9. The van der Waals surface area contributed by atoms with E-state index >= 15 is 0 Å². The molecule has 0 amide bonds. The van der Waals surface area contributed by atoms with Crippen LogP contribution in [0, 0.1) is 5.92 Å². The van der Waals surface area contributed by atoms with Crippen LogP contribution in [0.3, 0.4) is 0 Å². The molecule has 2 aromatic heterocycles. The van der Waals surface area contributed by atoms with E-state index in [4.69, 9.17) is 0 Å². The first-order valence-electron chi connectivity index (χ1n) is 13.1. The lowest BCUT2D eigenvalue weighted by atomic mass is 10.0. The summed E-state index contributed by atoms with van der Waals surface area (Å²) < 4.78 is 3.75. The number of carbonyl (C=O) groups excluding carboxylic acids is 1. The number of aryl methyl sites for hydroxylation is 1. The average Bonchev–Trinajstić information content (AvgIpc) is 2.97.